The number of phenols is 1. The lowest BCUT2D eigenvalue weighted by Gasteiger charge is -2.50. The summed E-state index contributed by atoms with van der Waals surface area (Å²) in [4.78, 5) is 40.2. The summed E-state index contributed by atoms with van der Waals surface area (Å²) in [7, 11) is 3.03. The van der Waals surface area contributed by atoms with E-state index < -0.39 is 70.6 Å². The third kappa shape index (κ3) is 4.25. The van der Waals surface area contributed by atoms with Crippen LogP contribution in [0.3, 0.4) is 0 Å². The zero-order valence-corrected chi connectivity index (χ0v) is 20.8. The van der Waals surface area contributed by atoms with E-state index in [4.69, 9.17) is 5.73 Å². The number of rotatable bonds is 6. The van der Waals surface area contributed by atoms with Gasteiger partial charge in [-0.3, -0.25) is 19.3 Å². The average Bonchev–Trinajstić information content (AvgIpc) is 2.79. The van der Waals surface area contributed by atoms with Gasteiger partial charge in [-0.15, -0.1) is 0 Å². The second-order valence-corrected chi connectivity index (χ2v) is 10.4. The summed E-state index contributed by atoms with van der Waals surface area (Å²) in [6.07, 6.45) is -5.06. The van der Waals surface area contributed by atoms with Crippen molar-refractivity contribution in [2.45, 2.75) is 56.3 Å². The first-order valence-corrected chi connectivity index (χ1v) is 12.2. The van der Waals surface area contributed by atoms with Crippen molar-refractivity contribution in [2.24, 2.45) is 17.6 Å². The van der Waals surface area contributed by atoms with Crippen molar-refractivity contribution >= 4 is 23.2 Å². The number of carbonyl (C=O) groups excluding carboxylic acids is 3. The van der Waals surface area contributed by atoms with Crippen LogP contribution in [0.15, 0.2) is 29.0 Å². The zero-order valence-electron chi connectivity index (χ0n) is 20.8. The molecule has 0 aliphatic heterocycles. The summed E-state index contributed by atoms with van der Waals surface area (Å²) in [6.45, 7) is 0. The smallest absolute Gasteiger partial charge is 0.389 e. The number of aryl methyl sites for hydroxylation is 1. The second-order valence-electron chi connectivity index (χ2n) is 10.4. The Hall–Kier alpha value is -3.38. The van der Waals surface area contributed by atoms with E-state index in [2.05, 4.69) is 0 Å². The number of benzene rings is 1. The number of nitrogens with zero attached hydrogens (tertiary/aromatic N) is 1. The van der Waals surface area contributed by atoms with Crippen LogP contribution in [0.25, 0.3) is 5.76 Å². The standard InChI is InChI=1S/C26H29F3N2O7/c1-31(2)18-14-10-13-9-12-7-6-11(5-3-4-8-25(27,28)29)19(32)15(12)20(33)16(13)22(35)26(14,38)23(36)17(21(18)34)24(30)37/h6-7,13-14,18,32-33,36,38H,3-5,8-10H2,1-2H3,(H2,30,37)/t13-,14-,18+,26-/m0/s1. The molecule has 1 fully saturated rings. The lowest BCUT2D eigenvalue weighted by molar-refractivity contribution is -0.153. The number of likely N-dealkylation sites (N-methyl/N-ethyl adjacent to an activating group) is 1. The number of halogens is 3. The van der Waals surface area contributed by atoms with Crippen molar-refractivity contribution in [3.05, 3.63) is 45.7 Å². The quantitative estimate of drug-likeness (QED) is 0.272. The fraction of sp³-hybridized carbons (Fsp3) is 0.500. The fourth-order valence-corrected chi connectivity index (χ4v) is 6.10. The van der Waals surface area contributed by atoms with Crippen molar-refractivity contribution in [3.63, 3.8) is 0 Å². The van der Waals surface area contributed by atoms with Gasteiger partial charge in [-0.05, 0) is 63.2 Å². The maximum atomic E-state index is 13.8. The minimum Gasteiger partial charge on any atom is -0.508 e. The lowest BCUT2D eigenvalue weighted by Crippen LogP contribution is -2.65. The molecular weight excluding hydrogens is 509 g/mol. The number of nitrogens with two attached hydrogens (primary N) is 1. The van der Waals surface area contributed by atoms with Crippen molar-refractivity contribution < 1.29 is 48.0 Å². The van der Waals surface area contributed by atoms with Gasteiger partial charge in [-0.2, -0.15) is 13.2 Å². The molecule has 1 aromatic carbocycles. The van der Waals surface area contributed by atoms with E-state index in [-0.39, 0.29) is 54.6 Å². The van der Waals surface area contributed by atoms with Crippen LogP contribution in [0.4, 0.5) is 13.2 Å². The molecule has 9 nitrogen and oxygen atoms in total. The molecule has 1 amide bonds. The molecule has 0 unspecified atom stereocenters. The van der Waals surface area contributed by atoms with Crippen LogP contribution in [0.5, 0.6) is 5.75 Å². The van der Waals surface area contributed by atoms with Crippen LogP contribution in [0, 0.1) is 11.8 Å². The molecule has 0 spiro atoms. The van der Waals surface area contributed by atoms with Crippen LogP contribution in [0.2, 0.25) is 0 Å². The van der Waals surface area contributed by atoms with Crippen LogP contribution >= 0.6 is 0 Å². The van der Waals surface area contributed by atoms with E-state index in [0.29, 0.717) is 5.56 Å². The van der Waals surface area contributed by atoms with E-state index in [9.17, 15) is 48.0 Å². The van der Waals surface area contributed by atoms with Gasteiger partial charge in [0.2, 0.25) is 5.78 Å². The van der Waals surface area contributed by atoms with Gasteiger partial charge in [-0.1, -0.05) is 12.1 Å². The summed E-state index contributed by atoms with van der Waals surface area (Å²) in [5.41, 5.74) is 2.09. The topological polar surface area (TPSA) is 161 Å². The molecule has 4 atom stereocenters. The summed E-state index contributed by atoms with van der Waals surface area (Å²) < 4.78 is 37.4. The molecule has 12 heteroatoms. The van der Waals surface area contributed by atoms with Crippen LogP contribution < -0.4 is 5.73 Å². The largest absolute Gasteiger partial charge is 0.508 e. The normalized spacial score (nSPS) is 27.4. The molecule has 0 bridgehead atoms. The highest BCUT2D eigenvalue weighted by Gasteiger charge is 2.64. The molecule has 0 heterocycles. The molecule has 1 saturated carbocycles. The number of hydrogen-bond donors (Lipinski definition) is 5. The van der Waals surface area contributed by atoms with Gasteiger partial charge in [0.15, 0.2) is 11.4 Å². The molecule has 38 heavy (non-hydrogen) atoms. The number of ketones is 2. The SMILES string of the molecule is CN(C)[C@H]1C(=O)C(C(N)=O)=C(O)[C@@]2(O)C(=O)C3=C(O)c4c(ccc(CCCCC(F)(F)F)c4O)C[C@H]3C[C@@H]12. The molecular formula is C26H29F3N2O7. The Morgan fingerprint density at radius 3 is 2.39 bits per heavy atom. The highest BCUT2D eigenvalue weighted by atomic mass is 19.4. The first-order chi connectivity index (χ1) is 17.6. The highest BCUT2D eigenvalue weighted by molar-refractivity contribution is 6.24. The molecule has 3 aliphatic carbocycles. The minimum absolute atomic E-state index is 0.0221. The summed E-state index contributed by atoms with van der Waals surface area (Å²) >= 11 is 0. The molecule has 0 radical (unpaired) electrons. The molecule has 3 aliphatic rings. The van der Waals surface area contributed by atoms with E-state index >= 15 is 0 Å². The zero-order chi connectivity index (χ0) is 28.3. The van der Waals surface area contributed by atoms with E-state index in [1.54, 1.807) is 12.1 Å². The van der Waals surface area contributed by atoms with Gasteiger partial charge >= 0.3 is 6.18 Å². The van der Waals surface area contributed by atoms with Crippen molar-refractivity contribution in [1.29, 1.82) is 0 Å². The molecule has 6 N–H and O–H groups in total. The number of hydrogen-bond acceptors (Lipinski definition) is 8. The summed E-state index contributed by atoms with van der Waals surface area (Å²) in [6, 6.07) is 2.01. The lowest BCUT2D eigenvalue weighted by atomic mass is 9.57. The third-order valence-electron chi connectivity index (χ3n) is 7.83. The Labute approximate surface area is 216 Å². The van der Waals surface area contributed by atoms with Gasteiger partial charge in [-0.25, -0.2) is 0 Å². The van der Waals surface area contributed by atoms with Gasteiger partial charge < -0.3 is 26.2 Å². The summed E-state index contributed by atoms with van der Waals surface area (Å²) in [5, 5.41) is 44.5. The number of aliphatic hydroxyl groups is 3. The van der Waals surface area contributed by atoms with Gasteiger partial charge in [0, 0.05) is 17.9 Å². The Kier molecular flexibility index (Phi) is 6.86. The fourth-order valence-electron chi connectivity index (χ4n) is 6.10. The maximum absolute atomic E-state index is 13.8. The molecule has 206 valence electrons. The van der Waals surface area contributed by atoms with Crippen molar-refractivity contribution in [3.8, 4) is 5.75 Å². The number of primary amides is 1. The molecule has 1 aromatic rings. The van der Waals surface area contributed by atoms with Gasteiger partial charge in [0.1, 0.15) is 22.8 Å². The molecule has 0 aromatic heterocycles. The van der Waals surface area contributed by atoms with Crippen molar-refractivity contribution in [2.75, 3.05) is 14.1 Å². The predicted octanol–water partition coefficient (Wildman–Crippen LogP) is 2.24. The van der Waals surface area contributed by atoms with Crippen LogP contribution in [0.1, 0.15) is 42.4 Å². The van der Waals surface area contributed by atoms with E-state index in [1.165, 1.54) is 19.0 Å². The monoisotopic (exact) mass is 538 g/mol. The number of Topliss-reactive ketones (excluding diaryl/α,β-unsaturated/α-hetero) is 2. The Morgan fingerprint density at radius 2 is 1.82 bits per heavy atom. The number of aliphatic hydroxyl groups excluding tert-OH is 2. The van der Waals surface area contributed by atoms with E-state index in [1.807, 2.05) is 0 Å². The Bertz CT molecular complexity index is 1280. The van der Waals surface area contributed by atoms with Crippen LogP contribution in [-0.2, 0) is 27.2 Å². The number of fused-ring (bicyclic) bond motifs is 3. The first-order valence-electron chi connectivity index (χ1n) is 12.2. The predicted molar refractivity (Wildman–Crippen MR) is 128 cm³/mol. The minimum atomic E-state index is -4.29. The van der Waals surface area contributed by atoms with E-state index in [0.717, 1.165) is 0 Å². The van der Waals surface area contributed by atoms with Crippen LogP contribution in [-0.4, -0.2) is 74.7 Å². The van der Waals surface area contributed by atoms with Crippen molar-refractivity contribution in [1.82, 2.24) is 4.90 Å². The number of amides is 1. The number of phenolic OH excluding ortho intramolecular Hbond substituents is 1. The highest BCUT2D eigenvalue weighted by Crippen LogP contribution is 2.52. The Morgan fingerprint density at radius 1 is 1.16 bits per heavy atom. The first kappa shape index (κ1) is 27.6. The number of alkyl halides is 3. The number of carbonyl (C=O) groups is 3. The maximum Gasteiger partial charge on any atom is 0.389 e. The molecule has 0 saturated heterocycles. The third-order valence-corrected chi connectivity index (χ3v) is 7.83. The molecule has 4 rings (SSSR count). The number of aromatic hydroxyl groups is 1. The average molecular weight is 539 g/mol. The van der Waals surface area contributed by atoms with Gasteiger partial charge in [0.05, 0.1) is 11.6 Å². The number of unbranched alkanes of at least 4 members (excludes halogenated alkanes) is 1. The summed E-state index contributed by atoms with van der Waals surface area (Å²) in [5.74, 6) is -7.30. The Balaban J connectivity index is 1.77. The van der Waals surface area contributed by atoms with Gasteiger partial charge in [0.25, 0.3) is 5.91 Å². The second kappa shape index (κ2) is 9.42.